The molecule has 0 radical (unpaired) electrons. The summed E-state index contributed by atoms with van der Waals surface area (Å²) >= 11 is 1.06. The third-order valence-corrected chi connectivity index (χ3v) is 5.47. The summed E-state index contributed by atoms with van der Waals surface area (Å²) in [6.07, 6.45) is 0. The Morgan fingerprint density at radius 1 is 1.09 bits per heavy atom. The van der Waals surface area contributed by atoms with Gasteiger partial charge < -0.3 is 28.7 Å². The maximum Gasteiger partial charge on any atom is 0.345 e. The number of carbonyl (C=O) groups is 1. The summed E-state index contributed by atoms with van der Waals surface area (Å²) in [4.78, 5) is 19.8. The van der Waals surface area contributed by atoms with Crippen LogP contribution in [0.1, 0.15) is 5.82 Å². The van der Waals surface area contributed by atoms with Gasteiger partial charge in [-0.15, -0.1) is 10.2 Å². The van der Waals surface area contributed by atoms with Crippen LogP contribution >= 0.6 is 11.8 Å². The number of carbonyl (C=O) groups excluding carboxylic acids is 1. The van der Waals surface area contributed by atoms with Crippen molar-refractivity contribution in [3.05, 3.63) is 54.0 Å². The smallest absolute Gasteiger partial charge is 0.345 e. The van der Waals surface area contributed by atoms with Crippen LogP contribution in [0.4, 0.5) is 0 Å². The Bertz CT molecular complexity index is 1270. The zero-order valence-corrected chi connectivity index (χ0v) is 18.8. The molecule has 10 nitrogen and oxygen atoms in total. The molecule has 0 saturated heterocycles. The van der Waals surface area contributed by atoms with Gasteiger partial charge in [0.1, 0.15) is 28.7 Å². The van der Waals surface area contributed by atoms with Gasteiger partial charge in [0, 0.05) is 11.6 Å². The number of aliphatic hydroxyl groups excluding tert-OH is 1. The van der Waals surface area contributed by atoms with E-state index < -0.39 is 5.97 Å². The maximum absolute atomic E-state index is 12.4. The van der Waals surface area contributed by atoms with Crippen molar-refractivity contribution in [2.24, 2.45) is 0 Å². The van der Waals surface area contributed by atoms with Crippen LogP contribution in [-0.2, 0) is 9.53 Å². The molecule has 0 aliphatic rings. The Balaban J connectivity index is 1.57. The number of aromatic nitrogens is 4. The van der Waals surface area contributed by atoms with Gasteiger partial charge in [0.05, 0.1) is 38.1 Å². The fraction of sp³-hybridized carbons (Fsp3) is 0.182. The third kappa shape index (κ3) is 4.77. The molecule has 0 unspecified atom stereocenters. The molecule has 11 heteroatoms. The van der Waals surface area contributed by atoms with Crippen molar-refractivity contribution in [3.63, 3.8) is 0 Å². The largest absolute Gasteiger partial charge is 0.510 e. The molecule has 0 saturated carbocycles. The number of ether oxygens (including phenoxy) is 3. The number of rotatable bonds is 8. The van der Waals surface area contributed by atoms with E-state index in [0.29, 0.717) is 22.6 Å². The number of esters is 1. The number of hydrogen-bond donors (Lipinski definition) is 2. The van der Waals surface area contributed by atoms with E-state index in [2.05, 4.69) is 20.2 Å². The molecule has 0 spiro atoms. The predicted octanol–water partition coefficient (Wildman–Crippen LogP) is 3.86. The number of methoxy groups -OCH3 is 3. The molecular formula is C22H20N4O6S. The maximum atomic E-state index is 12.4. The van der Waals surface area contributed by atoms with Crippen molar-refractivity contribution < 1.29 is 28.5 Å². The molecule has 2 heterocycles. The summed E-state index contributed by atoms with van der Waals surface area (Å²) in [5, 5.41) is 18.9. The quantitative estimate of drug-likeness (QED) is 0.170. The highest BCUT2D eigenvalue weighted by atomic mass is 32.2. The second-order valence-electron chi connectivity index (χ2n) is 6.68. The molecule has 0 fully saturated rings. The molecule has 2 aromatic heterocycles. The molecule has 0 atom stereocenters. The fourth-order valence-corrected chi connectivity index (χ4v) is 3.68. The van der Waals surface area contributed by atoms with E-state index in [1.807, 2.05) is 18.2 Å². The fourth-order valence-electron chi connectivity index (χ4n) is 3.04. The first kappa shape index (κ1) is 22.2. The number of para-hydroxylation sites is 2. The highest BCUT2D eigenvalue weighted by Crippen LogP contribution is 2.31. The lowest BCUT2D eigenvalue weighted by Crippen LogP contribution is -2.09. The monoisotopic (exact) mass is 468 g/mol. The van der Waals surface area contributed by atoms with Gasteiger partial charge in [0.15, 0.2) is 0 Å². The summed E-state index contributed by atoms with van der Waals surface area (Å²) in [7, 11) is 4.32. The SMILES string of the molecule is COC(=O)/C(=C(/O)CSc1nnc(-c2cc(OC)cc(OC)c2)o1)c1nc2ccccc2[nH]1. The number of aliphatic hydroxyl groups is 1. The van der Waals surface area contributed by atoms with Crippen molar-refractivity contribution >= 4 is 34.3 Å². The number of nitrogens with zero attached hydrogens (tertiary/aromatic N) is 3. The van der Waals surface area contributed by atoms with E-state index in [-0.39, 0.29) is 34.0 Å². The Morgan fingerprint density at radius 3 is 2.48 bits per heavy atom. The van der Waals surface area contributed by atoms with Gasteiger partial charge in [-0.1, -0.05) is 23.9 Å². The van der Waals surface area contributed by atoms with Crippen LogP contribution in [-0.4, -0.2) is 58.3 Å². The number of imidazole rings is 1. The van der Waals surface area contributed by atoms with Crippen molar-refractivity contribution in [1.29, 1.82) is 0 Å². The van der Waals surface area contributed by atoms with Gasteiger partial charge in [0.2, 0.25) is 5.89 Å². The standard InChI is InChI=1S/C22H20N4O6S/c1-29-13-8-12(9-14(10-13)30-2)20-25-26-22(32-20)33-11-17(27)18(21(28)31-3)19-23-15-6-4-5-7-16(15)24-19/h4-10,27H,11H2,1-3H3,(H,23,24)/b18-17+. The van der Waals surface area contributed by atoms with Crippen LogP contribution in [0.25, 0.3) is 28.1 Å². The minimum absolute atomic E-state index is 0.0233. The van der Waals surface area contributed by atoms with E-state index >= 15 is 0 Å². The van der Waals surface area contributed by atoms with Crippen molar-refractivity contribution in [1.82, 2.24) is 20.2 Å². The Morgan fingerprint density at radius 2 is 1.82 bits per heavy atom. The van der Waals surface area contributed by atoms with Gasteiger partial charge in [-0.2, -0.15) is 0 Å². The number of nitrogens with one attached hydrogen (secondary N) is 1. The number of hydrogen-bond acceptors (Lipinski definition) is 10. The van der Waals surface area contributed by atoms with Crippen LogP contribution in [0.15, 0.2) is 57.9 Å². The Kier molecular flexibility index (Phi) is 6.50. The predicted molar refractivity (Wildman–Crippen MR) is 121 cm³/mol. The number of thioether (sulfide) groups is 1. The van der Waals surface area contributed by atoms with Gasteiger partial charge in [-0.05, 0) is 24.3 Å². The number of H-pyrrole nitrogens is 1. The van der Waals surface area contributed by atoms with Crippen LogP contribution < -0.4 is 9.47 Å². The zero-order chi connectivity index (χ0) is 23.4. The molecule has 4 aromatic rings. The zero-order valence-electron chi connectivity index (χ0n) is 18.0. The van der Waals surface area contributed by atoms with E-state index in [1.54, 1.807) is 38.5 Å². The van der Waals surface area contributed by atoms with Crippen molar-refractivity contribution in [2.75, 3.05) is 27.1 Å². The van der Waals surface area contributed by atoms with Crippen molar-refractivity contribution in [2.45, 2.75) is 5.22 Å². The first-order valence-electron chi connectivity index (χ1n) is 9.67. The average Bonchev–Trinajstić information content (AvgIpc) is 3.49. The molecule has 0 bridgehead atoms. The molecule has 0 aliphatic carbocycles. The third-order valence-electron chi connectivity index (χ3n) is 4.64. The van der Waals surface area contributed by atoms with Gasteiger partial charge in [-0.3, -0.25) is 0 Å². The molecule has 4 rings (SSSR count). The number of benzene rings is 2. The van der Waals surface area contributed by atoms with E-state index in [1.165, 1.54) is 7.11 Å². The minimum Gasteiger partial charge on any atom is -0.510 e. The summed E-state index contributed by atoms with van der Waals surface area (Å²) in [5.74, 6) is 0.622. The normalized spacial score (nSPS) is 11.8. The number of aromatic amines is 1. The van der Waals surface area contributed by atoms with Crippen LogP contribution in [0.2, 0.25) is 0 Å². The van der Waals surface area contributed by atoms with E-state index in [9.17, 15) is 9.90 Å². The minimum atomic E-state index is -0.721. The molecule has 2 N–H and O–H groups in total. The van der Waals surface area contributed by atoms with Gasteiger partial charge in [0.25, 0.3) is 5.22 Å². The Hall–Kier alpha value is -3.99. The van der Waals surface area contributed by atoms with E-state index in [0.717, 1.165) is 17.3 Å². The number of fused-ring (bicyclic) bond motifs is 1. The van der Waals surface area contributed by atoms with Gasteiger partial charge in [-0.25, -0.2) is 9.78 Å². The highest BCUT2D eigenvalue weighted by Gasteiger charge is 2.23. The summed E-state index contributed by atoms with van der Waals surface area (Å²) in [6.45, 7) is 0. The first-order valence-corrected chi connectivity index (χ1v) is 10.7. The van der Waals surface area contributed by atoms with Crippen LogP contribution in [0.3, 0.4) is 0 Å². The first-order chi connectivity index (χ1) is 16.0. The molecule has 170 valence electrons. The van der Waals surface area contributed by atoms with E-state index in [4.69, 9.17) is 18.6 Å². The lowest BCUT2D eigenvalue weighted by Gasteiger charge is -2.06. The molecule has 33 heavy (non-hydrogen) atoms. The topological polar surface area (TPSA) is 133 Å². The second-order valence-corrected chi connectivity index (χ2v) is 7.61. The van der Waals surface area contributed by atoms with Crippen LogP contribution in [0, 0.1) is 0 Å². The molecular weight excluding hydrogens is 448 g/mol. The van der Waals surface area contributed by atoms with Gasteiger partial charge >= 0.3 is 5.97 Å². The molecule has 0 amide bonds. The summed E-state index contributed by atoms with van der Waals surface area (Å²) in [5.41, 5.74) is 1.93. The van der Waals surface area contributed by atoms with Crippen LogP contribution in [0.5, 0.6) is 11.5 Å². The summed E-state index contributed by atoms with van der Waals surface area (Å²) < 4.78 is 21.1. The lowest BCUT2D eigenvalue weighted by atomic mass is 10.2. The highest BCUT2D eigenvalue weighted by molar-refractivity contribution is 7.99. The van der Waals surface area contributed by atoms with Crippen molar-refractivity contribution in [3.8, 4) is 23.0 Å². The average molecular weight is 468 g/mol. The Labute approximate surface area is 192 Å². The molecule has 0 aliphatic heterocycles. The lowest BCUT2D eigenvalue weighted by molar-refractivity contribution is -0.133. The molecule has 2 aromatic carbocycles. The summed E-state index contributed by atoms with van der Waals surface area (Å²) in [6, 6.07) is 12.5. The second kappa shape index (κ2) is 9.65.